The minimum absolute atomic E-state index is 0.152. The van der Waals surface area contributed by atoms with Crippen molar-refractivity contribution in [1.82, 2.24) is 4.90 Å². The lowest BCUT2D eigenvalue weighted by atomic mass is 9.98. The number of likely N-dealkylation sites (tertiary alicyclic amines) is 1. The minimum atomic E-state index is -0.430. The van der Waals surface area contributed by atoms with Gasteiger partial charge in [-0.3, -0.25) is 4.79 Å². The van der Waals surface area contributed by atoms with E-state index in [9.17, 15) is 9.18 Å². The molecule has 0 bridgehead atoms. The van der Waals surface area contributed by atoms with Gasteiger partial charge in [-0.2, -0.15) is 0 Å². The number of piperidine rings is 1. The van der Waals surface area contributed by atoms with Gasteiger partial charge in [-0.1, -0.05) is 6.07 Å². The first-order chi connectivity index (χ1) is 9.13. The summed E-state index contributed by atoms with van der Waals surface area (Å²) in [5, 5.41) is 0. The predicted molar refractivity (Wildman–Crippen MR) is 75.1 cm³/mol. The highest BCUT2D eigenvalue weighted by Gasteiger charge is 2.28. The van der Waals surface area contributed by atoms with Gasteiger partial charge in [0.15, 0.2) is 0 Å². The molecule has 1 aliphatic rings. The van der Waals surface area contributed by atoms with E-state index in [0.29, 0.717) is 12.4 Å². The van der Waals surface area contributed by atoms with Gasteiger partial charge in [0.2, 0.25) is 0 Å². The number of carbonyl (C=O) groups excluding carboxylic acids is 1. The van der Waals surface area contributed by atoms with Crippen LogP contribution in [-0.4, -0.2) is 29.3 Å². The molecule has 0 aliphatic carbocycles. The Morgan fingerprint density at radius 1 is 1.47 bits per heavy atom. The van der Waals surface area contributed by atoms with Gasteiger partial charge in [0, 0.05) is 18.5 Å². The van der Waals surface area contributed by atoms with Gasteiger partial charge in [0.1, 0.15) is 5.82 Å². The van der Waals surface area contributed by atoms with Crippen LogP contribution in [0.5, 0.6) is 0 Å². The van der Waals surface area contributed by atoms with Gasteiger partial charge in [0.25, 0.3) is 5.91 Å². The third-order valence-electron chi connectivity index (χ3n) is 3.69. The molecule has 1 atom stereocenters. The molecule has 0 N–H and O–H groups in total. The summed E-state index contributed by atoms with van der Waals surface area (Å²) < 4.78 is 13.9. The second-order valence-electron chi connectivity index (χ2n) is 5.11. The van der Waals surface area contributed by atoms with E-state index in [1.165, 1.54) is 6.07 Å². The van der Waals surface area contributed by atoms with Gasteiger partial charge in [-0.25, -0.2) is 4.39 Å². The zero-order chi connectivity index (χ0) is 13.8. The summed E-state index contributed by atoms with van der Waals surface area (Å²) >= 11 is 5.79. The first-order valence-electron chi connectivity index (χ1n) is 6.76. The average molecular weight is 284 g/mol. The van der Waals surface area contributed by atoms with Crippen molar-refractivity contribution >= 4 is 17.5 Å². The third-order valence-corrected chi connectivity index (χ3v) is 3.90. The first kappa shape index (κ1) is 14.3. The molecule has 0 radical (unpaired) electrons. The van der Waals surface area contributed by atoms with Crippen molar-refractivity contribution in [3.05, 3.63) is 35.1 Å². The number of hydrogen-bond acceptors (Lipinski definition) is 1. The highest BCUT2D eigenvalue weighted by molar-refractivity contribution is 6.17. The second kappa shape index (κ2) is 6.38. The van der Waals surface area contributed by atoms with Crippen molar-refractivity contribution in [2.24, 2.45) is 0 Å². The number of aryl methyl sites for hydroxylation is 1. The standard InChI is InChI=1S/C15H19ClFNO/c1-11-5-6-13(14(17)10-11)15(19)18-9-3-2-4-12(18)7-8-16/h5-6,10,12H,2-4,7-9H2,1H3. The van der Waals surface area contributed by atoms with Gasteiger partial charge < -0.3 is 4.90 Å². The number of alkyl halides is 1. The number of amides is 1. The van der Waals surface area contributed by atoms with Crippen LogP contribution < -0.4 is 0 Å². The van der Waals surface area contributed by atoms with E-state index in [2.05, 4.69) is 0 Å². The van der Waals surface area contributed by atoms with Crippen LogP contribution in [0.25, 0.3) is 0 Å². The normalized spacial score (nSPS) is 19.5. The first-order valence-corrected chi connectivity index (χ1v) is 7.30. The molecule has 2 nitrogen and oxygen atoms in total. The Kier molecular flexibility index (Phi) is 4.81. The summed E-state index contributed by atoms with van der Waals surface area (Å²) in [5.74, 6) is -0.0994. The van der Waals surface area contributed by atoms with E-state index in [0.717, 1.165) is 31.2 Å². The number of hydrogen-bond donors (Lipinski definition) is 0. The summed E-state index contributed by atoms with van der Waals surface area (Å²) in [5.41, 5.74) is 0.997. The van der Waals surface area contributed by atoms with Crippen molar-refractivity contribution in [2.75, 3.05) is 12.4 Å². The molecule has 0 saturated carbocycles. The number of nitrogens with zero attached hydrogens (tertiary/aromatic N) is 1. The van der Waals surface area contributed by atoms with Crippen LogP contribution in [-0.2, 0) is 0 Å². The van der Waals surface area contributed by atoms with Gasteiger partial charge >= 0.3 is 0 Å². The van der Waals surface area contributed by atoms with Crippen molar-refractivity contribution in [3.63, 3.8) is 0 Å². The molecule has 4 heteroatoms. The van der Waals surface area contributed by atoms with Crippen molar-refractivity contribution in [3.8, 4) is 0 Å². The molecule has 1 aliphatic heterocycles. The number of carbonyl (C=O) groups is 1. The lowest BCUT2D eigenvalue weighted by molar-refractivity contribution is 0.0604. The van der Waals surface area contributed by atoms with E-state index in [1.807, 2.05) is 6.92 Å². The molecule has 19 heavy (non-hydrogen) atoms. The van der Waals surface area contributed by atoms with Gasteiger partial charge in [-0.15, -0.1) is 11.6 Å². The smallest absolute Gasteiger partial charge is 0.257 e. The van der Waals surface area contributed by atoms with Crippen LogP contribution >= 0.6 is 11.6 Å². The number of benzene rings is 1. The molecular weight excluding hydrogens is 265 g/mol. The Balaban J connectivity index is 2.21. The van der Waals surface area contributed by atoms with Crippen LogP contribution in [0.1, 0.15) is 41.6 Å². The molecule has 1 fully saturated rings. The lowest BCUT2D eigenvalue weighted by Gasteiger charge is -2.35. The third kappa shape index (κ3) is 3.27. The molecule has 1 unspecified atom stereocenters. The van der Waals surface area contributed by atoms with Crippen LogP contribution in [0.2, 0.25) is 0 Å². The molecule has 1 aromatic carbocycles. The summed E-state index contributed by atoms with van der Waals surface area (Å²) in [6.07, 6.45) is 3.84. The molecule has 1 amide bonds. The van der Waals surface area contributed by atoms with Crippen molar-refractivity contribution in [2.45, 2.75) is 38.6 Å². The Bertz CT molecular complexity index is 461. The Labute approximate surface area is 118 Å². The molecule has 2 rings (SSSR count). The number of halogens is 2. The average Bonchev–Trinajstić information content (AvgIpc) is 2.39. The molecule has 0 aromatic heterocycles. The van der Waals surface area contributed by atoms with Crippen LogP contribution in [0.15, 0.2) is 18.2 Å². The largest absolute Gasteiger partial charge is 0.336 e. The highest BCUT2D eigenvalue weighted by Crippen LogP contribution is 2.23. The molecule has 104 valence electrons. The fraction of sp³-hybridized carbons (Fsp3) is 0.533. The van der Waals surface area contributed by atoms with E-state index in [-0.39, 0.29) is 17.5 Å². The highest BCUT2D eigenvalue weighted by atomic mass is 35.5. The maximum absolute atomic E-state index is 13.9. The van der Waals surface area contributed by atoms with E-state index >= 15 is 0 Å². The van der Waals surface area contributed by atoms with Crippen LogP contribution in [0.4, 0.5) is 4.39 Å². The monoisotopic (exact) mass is 283 g/mol. The Morgan fingerprint density at radius 3 is 2.95 bits per heavy atom. The van der Waals surface area contributed by atoms with Crippen LogP contribution in [0.3, 0.4) is 0 Å². The zero-order valence-corrected chi connectivity index (χ0v) is 11.9. The summed E-state index contributed by atoms with van der Waals surface area (Å²) in [7, 11) is 0. The van der Waals surface area contributed by atoms with E-state index < -0.39 is 5.82 Å². The molecule has 1 aromatic rings. The Hall–Kier alpha value is -1.09. The molecule has 0 spiro atoms. The second-order valence-corrected chi connectivity index (χ2v) is 5.49. The zero-order valence-electron chi connectivity index (χ0n) is 11.2. The summed E-state index contributed by atoms with van der Waals surface area (Å²) in [6, 6.07) is 4.92. The van der Waals surface area contributed by atoms with Crippen LogP contribution in [0, 0.1) is 12.7 Å². The van der Waals surface area contributed by atoms with E-state index in [1.54, 1.807) is 17.0 Å². The van der Waals surface area contributed by atoms with Gasteiger partial charge in [-0.05, 0) is 50.3 Å². The minimum Gasteiger partial charge on any atom is -0.336 e. The number of rotatable bonds is 3. The van der Waals surface area contributed by atoms with Crippen molar-refractivity contribution < 1.29 is 9.18 Å². The molecule has 1 heterocycles. The fourth-order valence-corrected chi connectivity index (χ4v) is 2.89. The van der Waals surface area contributed by atoms with E-state index in [4.69, 9.17) is 11.6 Å². The van der Waals surface area contributed by atoms with Gasteiger partial charge in [0.05, 0.1) is 5.56 Å². The summed E-state index contributed by atoms with van der Waals surface area (Å²) in [4.78, 5) is 14.3. The summed E-state index contributed by atoms with van der Waals surface area (Å²) in [6.45, 7) is 2.52. The van der Waals surface area contributed by atoms with Crippen molar-refractivity contribution in [1.29, 1.82) is 0 Å². The quantitative estimate of drug-likeness (QED) is 0.774. The maximum Gasteiger partial charge on any atom is 0.257 e. The Morgan fingerprint density at radius 2 is 2.26 bits per heavy atom. The molecular formula is C15H19ClFNO. The SMILES string of the molecule is Cc1ccc(C(=O)N2CCCCC2CCCl)c(F)c1. The predicted octanol–water partition coefficient (Wildman–Crippen LogP) is 3.76. The lowest BCUT2D eigenvalue weighted by Crippen LogP contribution is -2.44. The maximum atomic E-state index is 13.9. The topological polar surface area (TPSA) is 20.3 Å². The fourth-order valence-electron chi connectivity index (χ4n) is 2.64. The molecule has 1 saturated heterocycles.